The minimum Gasteiger partial charge on any atom is -0.386 e. The zero-order valence-electron chi connectivity index (χ0n) is 6.50. The molecule has 2 nitrogen and oxygen atoms in total. The summed E-state index contributed by atoms with van der Waals surface area (Å²) in [6.45, 7) is 3.61. The summed E-state index contributed by atoms with van der Waals surface area (Å²) in [6.07, 6.45) is 5.19. The highest BCUT2D eigenvalue weighted by Crippen LogP contribution is 2.09. The second kappa shape index (κ2) is 4.23. The number of hydrogen-bond acceptors (Lipinski definition) is 2. The molecule has 2 heteroatoms. The van der Waals surface area contributed by atoms with Crippen LogP contribution in [-0.2, 0) is 4.79 Å². The highest BCUT2D eigenvalue weighted by molar-refractivity contribution is 5.51. The fourth-order valence-corrected chi connectivity index (χ4v) is 0.495. The molecule has 0 aromatic carbocycles. The number of hydrogen-bond donors (Lipinski definition) is 1. The summed E-state index contributed by atoms with van der Waals surface area (Å²) in [4.78, 5) is 9.85. The molecule has 0 saturated heterocycles. The Morgan fingerprint density at radius 1 is 1.60 bits per heavy atom. The van der Waals surface area contributed by atoms with Gasteiger partial charge in [-0.25, -0.2) is 0 Å². The second-order valence-electron chi connectivity index (χ2n) is 2.52. The van der Waals surface area contributed by atoms with Crippen molar-refractivity contribution in [1.82, 2.24) is 0 Å². The maximum absolute atomic E-state index is 9.85. The molecule has 1 unspecified atom stereocenters. The van der Waals surface area contributed by atoms with Crippen LogP contribution in [0.15, 0.2) is 12.2 Å². The van der Waals surface area contributed by atoms with E-state index in [0.29, 0.717) is 12.8 Å². The molecule has 1 atom stereocenters. The van der Waals surface area contributed by atoms with Gasteiger partial charge in [-0.15, -0.1) is 0 Å². The predicted octanol–water partition coefficient (Wildman–Crippen LogP) is 1.29. The molecule has 0 spiro atoms. The van der Waals surface area contributed by atoms with Gasteiger partial charge in [0.05, 0.1) is 5.60 Å². The number of carbonyl (C=O) groups is 1. The maximum Gasteiger partial charge on any atom is 0.123 e. The lowest BCUT2D eigenvalue weighted by Gasteiger charge is -2.14. The molecule has 0 aromatic heterocycles. The summed E-state index contributed by atoms with van der Waals surface area (Å²) in [5, 5.41) is 9.35. The van der Waals surface area contributed by atoms with Crippen molar-refractivity contribution in [1.29, 1.82) is 0 Å². The minimum atomic E-state index is -0.747. The topological polar surface area (TPSA) is 37.3 Å². The van der Waals surface area contributed by atoms with Gasteiger partial charge in [0.15, 0.2) is 0 Å². The molecule has 0 fully saturated rings. The summed E-state index contributed by atoms with van der Waals surface area (Å²) in [7, 11) is 0. The quantitative estimate of drug-likeness (QED) is 0.474. The van der Waals surface area contributed by atoms with Crippen molar-refractivity contribution in [2.45, 2.75) is 32.3 Å². The largest absolute Gasteiger partial charge is 0.386 e. The van der Waals surface area contributed by atoms with Crippen LogP contribution in [-0.4, -0.2) is 17.0 Å². The number of aliphatic hydroxyl groups is 1. The molecule has 1 N–H and O–H groups in total. The molecule has 0 radical (unpaired) electrons. The fraction of sp³-hybridized carbons (Fsp3) is 0.625. The summed E-state index contributed by atoms with van der Waals surface area (Å²) in [6, 6.07) is 0. The number of aldehydes is 1. The first-order chi connectivity index (χ1) is 4.62. The Hall–Kier alpha value is -0.630. The van der Waals surface area contributed by atoms with Crippen molar-refractivity contribution in [2.24, 2.45) is 0 Å². The molecule has 10 heavy (non-hydrogen) atoms. The van der Waals surface area contributed by atoms with E-state index < -0.39 is 5.60 Å². The first kappa shape index (κ1) is 9.37. The van der Waals surface area contributed by atoms with E-state index in [9.17, 15) is 9.90 Å². The van der Waals surface area contributed by atoms with Crippen LogP contribution in [0.2, 0.25) is 0 Å². The fourth-order valence-electron chi connectivity index (χ4n) is 0.495. The van der Waals surface area contributed by atoms with Crippen LogP contribution in [0.1, 0.15) is 26.7 Å². The molecular formula is C8H14O2. The van der Waals surface area contributed by atoms with Gasteiger partial charge >= 0.3 is 0 Å². The number of rotatable bonds is 4. The van der Waals surface area contributed by atoms with Gasteiger partial charge in [-0.2, -0.15) is 0 Å². The standard InChI is InChI=1S/C8H14O2/c1-3-8(2,10)6-4-5-7-9/h4,6-7,10H,3,5H2,1-2H3/b6-4+. The highest BCUT2D eigenvalue weighted by Gasteiger charge is 2.10. The van der Waals surface area contributed by atoms with E-state index in [1.54, 1.807) is 19.1 Å². The van der Waals surface area contributed by atoms with Crippen molar-refractivity contribution in [3.8, 4) is 0 Å². The number of allylic oxidation sites excluding steroid dienone is 1. The number of carbonyl (C=O) groups excluding carboxylic acids is 1. The van der Waals surface area contributed by atoms with Gasteiger partial charge in [0.2, 0.25) is 0 Å². The summed E-state index contributed by atoms with van der Waals surface area (Å²) >= 11 is 0. The second-order valence-corrected chi connectivity index (χ2v) is 2.52. The van der Waals surface area contributed by atoms with Crippen LogP contribution in [0.25, 0.3) is 0 Å². The monoisotopic (exact) mass is 142 g/mol. The Bertz CT molecular complexity index is 125. The third-order valence-electron chi connectivity index (χ3n) is 1.43. The van der Waals surface area contributed by atoms with Crippen LogP contribution < -0.4 is 0 Å². The molecule has 0 aromatic rings. The van der Waals surface area contributed by atoms with Gasteiger partial charge in [-0.05, 0) is 13.3 Å². The molecule has 0 heterocycles. The van der Waals surface area contributed by atoms with Gasteiger partial charge in [0.1, 0.15) is 6.29 Å². The molecule has 0 amide bonds. The first-order valence-corrected chi connectivity index (χ1v) is 3.46. The Labute approximate surface area is 61.6 Å². The van der Waals surface area contributed by atoms with Crippen LogP contribution in [0.5, 0.6) is 0 Å². The molecule has 0 rings (SSSR count). The van der Waals surface area contributed by atoms with Crippen LogP contribution >= 0.6 is 0 Å². The molecule has 0 aliphatic carbocycles. The van der Waals surface area contributed by atoms with Crippen molar-refractivity contribution >= 4 is 6.29 Å². The third-order valence-corrected chi connectivity index (χ3v) is 1.43. The average Bonchev–Trinajstić information content (AvgIpc) is 1.89. The van der Waals surface area contributed by atoms with E-state index in [4.69, 9.17) is 0 Å². The maximum atomic E-state index is 9.85. The van der Waals surface area contributed by atoms with E-state index in [2.05, 4.69) is 0 Å². The summed E-state index contributed by atoms with van der Waals surface area (Å²) in [5.74, 6) is 0. The van der Waals surface area contributed by atoms with Gasteiger partial charge in [0, 0.05) is 6.42 Å². The third kappa shape index (κ3) is 4.27. The van der Waals surface area contributed by atoms with Crippen LogP contribution in [0.3, 0.4) is 0 Å². The lowest BCUT2D eigenvalue weighted by atomic mass is 10.0. The minimum absolute atomic E-state index is 0.385. The Kier molecular flexibility index (Phi) is 3.96. The lowest BCUT2D eigenvalue weighted by Crippen LogP contribution is -2.18. The van der Waals surface area contributed by atoms with Gasteiger partial charge in [-0.1, -0.05) is 19.1 Å². The average molecular weight is 142 g/mol. The predicted molar refractivity (Wildman–Crippen MR) is 40.7 cm³/mol. The van der Waals surface area contributed by atoms with Crippen molar-refractivity contribution < 1.29 is 9.90 Å². The molecule has 58 valence electrons. The molecular weight excluding hydrogens is 128 g/mol. The van der Waals surface area contributed by atoms with Gasteiger partial charge < -0.3 is 9.90 Å². The smallest absolute Gasteiger partial charge is 0.123 e. The SMILES string of the molecule is CCC(C)(O)/C=C/CC=O. The zero-order chi connectivity index (χ0) is 8.04. The normalized spacial score (nSPS) is 17.1. The summed E-state index contributed by atoms with van der Waals surface area (Å²) < 4.78 is 0. The molecule has 0 aliphatic heterocycles. The molecule has 0 aliphatic rings. The van der Waals surface area contributed by atoms with E-state index >= 15 is 0 Å². The summed E-state index contributed by atoms with van der Waals surface area (Å²) in [5.41, 5.74) is -0.747. The molecule has 0 saturated carbocycles. The van der Waals surface area contributed by atoms with Crippen molar-refractivity contribution in [2.75, 3.05) is 0 Å². The van der Waals surface area contributed by atoms with E-state index in [1.165, 1.54) is 0 Å². The zero-order valence-corrected chi connectivity index (χ0v) is 6.50. The Morgan fingerprint density at radius 3 is 2.60 bits per heavy atom. The van der Waals surface area contributed by atoms with E-state index in [1.807, 2.05) is 6.92 Å². The Morgan fingerprint density at radius 2 is 2.20 bits per heavy atom. The first-order valence-electron chi connectivity index (χ1n) is 3.46. The van der Waals surface area contributed by atoms with Crippen molar-refractivity contribution in [3.63, 3.8) is 0 Å². The van der Waals surface area contributed by atoms with E-state index in [-0.39, 0.29) is 0 Å². The van der Waals surface area contributed by atoms with E-state index in [0.717, 1.165) is 6.29 Å². The van der Waals surface area contributed by atoms with Crippen molar-refractivity contribution in [3.05, 3.63) is 12.2 Å². The molecule has 0 bridgehead atoms. The van der Waals surface area contributed by atoms with Gasteiger partial charge in [-0.3, -0.25) is 0 Å². The van der Waals surface area contributed by atoms with Crippen LogP contribution in [0, 0.1) is 0 Å². The highest BCUT2D eigenvalue weighted by atomic mass is 16.3. The lowest BCUT2D eigenvalue weighted by molar-refractivity contribution is -0.107. The van der Waals surface area contributed by atoms with Crippen LogP contribution in [0.4, 0.5) is 0 Å². The van der Waals surface area contributed by atoms with Gasteiger partial charge in [0.25, 0.3) is 0 Å². The Balaban J connectivity index is 3.73.